The van der Waals surface area contributed by atoms with Crippen LogP contribution in [-0.2, 0) is 0 Å². The molecular formula is C11H14O2. The van der Waals surface area contributed by atoms with E-state index in [0.717, 1.165) is 5.56 Å². The van der Waals surface area contributed by atoms with Gasteiger partial charge in [0, 0.05) is 5.56 Å². The van der Waals surface area contributed by atoms with E-state index < -0.39 is 0 Å². The van der Waals surface area contributed by atoms with Gasteiger partial charge in [0.1, 0.15) is 5.75 Å². The minimum Gasteiger partial charge on any atom is -0.508 e. The second-order valence-electron chi connectivity index (χ2n) is 3.48. The van der Waals surface area contributed by atoms with Crippen LogP contribution in [0.25, 0.3) is 0 Å². The Morgan fingerprint density at radius 1 is 1.38 bits per heavy atom. The van der Waals surface area contributed by atoms with Crippen molar-refractivity contribution in [2.75, 3.05) is 0 Å². The van der Waals surface area contributed by atoms with Crippen LogP contribution in [0, 0.1) is 0 Å². The Balaban J connectivity index is 3.13. The zero-order valence-corrected chi connectivity index (χ0v) is 8.16. The zero-order chi connectivity index (χ0) is 10.0. The Morgan fingerprint density at radius 3 is 2.38 bits per heavy atom. The molecule has 2 nitrogen and oxygen atoms in total. The molecule has 0 unspecified atom stereocenters. The van der Waals surface area contributed by atoms with E-state index in [1.54, 1.807) is 12.1 Å². The molecular weight excluding hydrogens is 164 g/mol. The molecule has 1 aromatic rings. The molecule has 1 aromatic carbocycles. The summed E-state index contributed by atoms with van der Waals surface area (Å²) in [4.78, 5) is 11.0. The molecule has 0 amide bonds. The fraction of sp³-hybridized carbons (Fsp3) is 0.364. The summed E-state index contributed by atoms with van der Waals surface area (Å²) in [7, 11) is 0. The summed E-state index contributed by atoms with van der Waals surface area (Å²) in [5.74, 6) is 0.467. The van der Waals surface area contributed by atoms with Crippen molar-refractivity contribution in [3.8, 4) is 5.75 Å². The molecule has 0 aliphatic carbocycles. The predicted molar refractivity (Wildman–Crippen MR) is 52.2 cm³/mol. The number of hydrogen-bond acceptors (Lipinski definition) is 2. The van der Waals surface area contributed by atoms with Gasteiger partial charge < -0.3 is 5.11 Å². The van der Waals surface area contributed by atoms with Gasteiger partial charge in [-0.3, -0.25) is 4.79 Å². The average molecular weight is 178 g/mol. The molecule has 0 aliphatic heterocycles. The number of phenolic OH excluding ortho intramolecular Hbond substituents is 1. The second kappa shape index (κ2) is 3.60. The Kier molecular flexibility index (Phi) is 2.71. The summed E-state index contributed by atoms with van der Waals surface area (Å²) in [6, 6.07) is 5.08. The highest BCUT2D eigenvalue weighted by molar-refractivity contribution is 5.94. The number of Topliss-reactive ketones (excluding diaryl/α,β-unsaturated/α-hetero) is 1. The first-order valence-corrected chi connectivity index (χ1v) is 4.36. The van der Waals surface area contributed by atoms with Crippen molar-refractivity contribution >= 4 is 5.78 Å². The summed E-state index contributed by atoms with van der Waals surface area (Å²) >= 11 is 0. The minimum absolute atomic E-state index is 0.0226. The van der Waals surface area contributed by atoms with Gasteiger partial charge in [0.15, 0.2) is 5.78 Å². The largest absolute Gasteiger partial charge is 0.508 e. The predicted octanol–water partition coefficient (Wildman–Crippen LogP) is 2.72. The number of aromatic hydroxyl groups is 1. The lowest BCUT2D eigenvalue weighted by atomic mass is 9.99. The first kappa shape index (κ1) is 9.78. The van der Waals surface area contributed by atoms with Crippen LogP contribution in [0.2, 0.25) is 0 Å². The lowest BCUT2D eigenvalue weighted by molar-refractivity contribution is 0.101. The molecule has 1 rings (SSSR count). The first-order chi connectivity index (χ1) is 6.02. The molecule has 0 saturated carbocycles. The van der Waals surface area contributed by atoms with Crippen LogP contribution in [0.15, 0.2) is 18.2 Å². The molecule has 0 aromatic heterocycles. The highest BCUT2D eigenvalue weighted by Crippen LogP contribution is 2.26. The number of carbonyl (C=O) groups excluding carboxylic acids is 1. The lowest BCUT2D eigenvalue weighted by Gasteiger charge is -2.08. The minimum atomic E-state index is -0.0226. The molecule has 70 valence electrons. The smallest absolute Gasteiger partial charge is 0.159 e. The number of phenols is 1. The molecule has 1 N–H and O–H groups in total. The third-order valence-corrected chi connectivity index (χ3v) is 2.06. The van der Waals surface area contributed by atoms with Crippen LogP contribution in [0.3, 0.4) is 0 Å². The van der Waals surface area contributed by atoms with Gasteiger partial charge in [0.2, 0.25) is 0 Å². The van der Waals surface area contributed by atoms with Gasteiger partial charge in [0.25, 0.3) is 0 Å². The summed E-state index contributed by atoms with van der Waals surface area (Å²) in [6.45, 7) is 5.49. The van der Waals surface area contributed by atoms with Crippen molar-refractivity contribution in [1.29, 1.82) is 0 Å². The van der Waals surface area contributed by atoms with Gasteiger partial charge in [-0.2, -0.15) is 0 Å². The lowest BCUT2D eigenvalue weighted by Crippen LogP contribution is -1.94. The van der Waals surface area contributed by atoms with Crippen molar-refractivity contribution in [2.24, 2.45) is 0 Å². The number of ketones is 1. The van der Waals surface area contributed by atoms with Crippen LogP contribution in [0.4, 0.5) is 0 Å². The summed E-state index contributed by atoms with van der Waals surface area (Å²) < 4.78 is 0. The maximum Gasteiger partial charge on any atom is 0.159 e. The Morgan fingerprint density at radius 2 is 2.00 bits per heavy atom. The van der Waals surface area contributed by atoms with Gasteiger partial charge in [-0.05, 0) is 24.5 Å². The van der Waals surface area contributed by atoms with Crippen LogP contribution in [0.1, 0.15) is 42.6 Å². The normalized spacial score (nSPS) is 10.5. The van der Waals surface area contributed by atoms with E-state index in [1.807, 2.05) is 13.8 Å². The maximum absolute atomic E-state index is 11.0. The molecule has 0 fully saturated rings. The first-order valence-electron chi connectivity index (χ1n) is 4.36. The molecule has 0 aliphatic rings. The van der Waals surface area contributed by atoms with E-state index in [2.05, 4.69) is 0 Å². The quantitative estimate of drug-likeness (QED) is 0.707. The SMILES string of the molecule is CC(=O)c1ccc(C(C)C)c(O)c1. The van der Waals surface area contributed by atoms with Gasteiger partial charge in [0.05, 0.1) is 0 Å². The third kappa shape index (κ3) is 2.08. The van der Waals surface area contributed by atoms with E-state index >= 15 is 0 Å². The third-order valence-electron chi connectivity index (χ3n) is 2.06. The number of rotatable bonds is 2. The summed E-state index contributed by atoms with van der Waals surface area (Å²) in [6.07, 6.45) is 0. The average Bonchev–Trinajstić information content (AvgIpc) is 2.03. The fourth-order valence-corrected chi connectivity index (χ4v) is 1.25. The Bertz CT molecular complexity index is 327. The van der Waals surface area contributed by atoms with Gasteiger partial charge in [-0.1, -0.05) is 26.0 Å². The molecule has 0 atom stereocenters. The second-order valence-corrected chi connectivity index (χ2v) is 3.48. The molecule has 2 heteroatoms. The highest BCUT2D eigenvalue weighted by atomic mass is 16.3. The fourth-order valence-electron chi connectivity index (χ4n) is 1.25. The number of carbonyl (C=O) groups is 1. The Hall–Kier alpha value is -1.31. The summed E-state index contributed by atoms with van der Waals surface area (Å²) in [5.41, 5.74) is 1.44. The van der Waals surface area contributed by atoms with Gasteiger partial charge in [-0.25, -0.2) is 0 Å². The van der Waals surface area contributed by atoms with E-state index in [9.17, 15) is 9.90 Å². The van der Waals surface area contributed by atoms with E-state index in [0.29, 0.717) is 5.56 Å². The molecule has 0 heterocycles. The van der Waals surface area contributed by atoms with E-state index in [4.69, 9.17) is 0 Å². The van der Waals surface area contributed by atoms with Crippen LogP contribution >= 0.6 is 0 Å². The zero-order valence-electron chi connectivity index (χ0n) is 8.16. The number of benzene rings is 1. The topological polar surface area (TPSA) is 37.3 Å². The maximum atomic E-state index is 11.0. The molecule has 0 bridgehead atoms. The molecule has 0 radical (unpaired) electrons. The standard InChI is InChI=1S/C11H14O2/c1-7(2)10-5-4-9(8(3)12)6-11(10)13/h4-7,13H,1-3H3. The van der Waals surface area contributed by atoms with Gasteiger partial charge in [-0.15, -0.1) is 0 Å². The van der Waals surface area contributed by atoms with E-state index in [1.165, 1.54) is 13.0 Å². The monoisotopic (exact) mass is 178 g/mol. The van der Waals surface area contributed by atoms with Crippen molar-refractivity contribution in [2.45, 2.75) is 26.7 Å². The van der Waals surface area contributed by atoms with Crippen LogP contribution in [0.5, 0.6) is 5.75 Å². The van der Waals surface area contributed by atoms with Gasteiger partial charge >= 0.3 is 0 Å². The Labute approximate surface area is 78.2 Å². The van der Waals surface area contributed by atoms with Crippen molar-refractivity contribution in [1.82, 2.24) is 0 Å². The van der Waals surface area contributed by atoms with Crippen molar-refractivity contribution in [3.63, 3.8) is 0 Å². The van der Waals surface area contributed by atoms with E-state index in [-0.39, 0.29) is 17.5 Å². The number of hydrogen-bond donors (Lipinski definition) is 1. The summed E-state index contributed by atoms with van der Waals surface area (Å²) in [5, 5.41) is 9.56. The van der Waals surface area contributed by atoms with Crippen molar-refractivity contribution < 1.29 is 9.90 Å². The molecule has 0 spiro atoms. The van der Waals surface area contributed by atoms with Crippen molar-refractivity contribution in [3.05, 3.63) is 29.3 Å². The molecule has 0 saturated heterocycles. The van der Waals surface area contributed by atoms with Crippen LogP contribution in [-0.4, -0.2) is 10.9 Å². The molecule has 13 heavy (non-hydrogen) atoms. The van der Waals surface area contributed by atoms with Crippen LogP contribution < -0.4 is 0 Å². The highest BCUT2D eigenvalue weighted by Gasteiger charge is 2.07.